The first-order valence-electron chi connectivity index (χ1n) is 7.94. The van der Waals surface area contributed by atoms with Crippen molar-refractivity contribution in [2.75, 3.05) is 19.6 Å². The van der Waals surface area contributed by atoms with E-state index in [1.165, 1.54) is 32.1 Å². The highest BCUT2D eigenvalue weighted by atomic mass is 16.1. The summed E-state index contributed by atoms with van der Waals surface area (Å²) in [5.41, 5.74) is 0. The fourth-order valence-corrected chi connectivity index (χ4v) is 3.56. The van der Waals surface area contributed by atoms with E-state index in [0.29, 0.717) is 11.7 Å². The van der Waals surface area contributed by atoms with Gasteiger partial charge in [-0.3, -0.25) is 9.69 Å². The van der Waals surface area contributed by atoms with Crippen LogP contribution in [0.1, 0.15) is 58.8 Å². The Hall–Kier alpha value is -0.370. The number of hydrogen-bond donors (Lipinski definition) is 0. The van der Waals surface area contributed by atoms with Gasteiger partial charge in [-0.05, 0) is 44.1 Å². The summed E-state index contributed by atoms with van der Waals surface area (Å²) in [5, 5.41) is 0. The summed E-state index contributed by atoms with van der Waals surface area (Å²) in [5.74, 6) is 2.58. The van der Waals surface area contributed by atoms with Crippen LogP contribution in [0, 0.1) is 17.8 Å². The van der Waals surface area contributed by atoms with E-state index in [1.54, 1.807) is 0 Å². The van der Waals surface area contributed by atoms with E-state index in [9.17, 15) is 4.79 Å². The minimum absolute atomic E-state index is 0.378. The first-order valence-corrected chi connectivity index (χ1v) is 7.94. The Morgan fingerprint density at radius 1 is 1.17 bits per heavy atom. The van der Waals surface area contributed by atoms with Crippen molar-refractivity contribution in [2.24, 2.45) is 17.8 Å². The van der Waals surface area contributed by atoms with Crippen molar-refractivity contribution in [3.05, 3.63) is 0 Å². The van der Waals surface area contributed by atoms with Crippen LogP contribution in [0.25, 0.3) is 0 Å². The molecule has 0 aromatic carbocycles. The van der Waals surface area contributed by atoms with Crippen LogP contribution >= 0.6 is 0 Å². The fraction of sp³-hybridized carbons (Fsp3) is 0.938. The van der Waals surface area contributed by atoms with E-state index >= 15 is 0 Å². The molecule has 2 rings (SSSR count). The number of likely N-dealkylation sites (tertiary alicyclic amines) is 1. The van der Waals surface area contributed by atoms with Gasteiger partial charge in [0.2, 0.25) is 0 Å². The number of Topliss-reactive ketones (excluding diaryl/α,β-unsaturated/α-hetero) is 1. The fourth-order valence-electron chi connectivity index (χ4n) is 3.56. The van der Waals surface area contributed by atoms with Gasteiger partial charge in [-0.25, -0.2) is 0 Å². The molecule has 0 spiro atoms. The summed E-state index contributed by atoms with van der Waals surface area (Å²) in [4.78, 5) is 14.7. The lowest BCUT2D eigenvalue weighted by Crippen LogP contribution is -2.40. The second kappa shape index (κ2) is 6.70. The van der Waals surface area contributed by atoms with Gasteiger partial charge in [0.05, 0.1) is 6.54 Å². The molecular formula is C16H29NO. The molecule has 0 radical (unpaired) electrons. The highest BCUT2D eigenvalue weighted by Crippen LogP contribution is 2.29. The van der Waals surface area contributed by atoms with Crippen LogP contribution in [-0.4, -0.2) is 30.3 Å². The number of carbonyl (C=O) groups is 1. The molecule has 0 amide bonds. The van der Waals surface area contributed by atoms with Gasteiger partial charge in [-0.2, -0.15) is 0 Å². The molecule has 1 saturated heterocycles. The molecule has 18 heavy (non-hydrogen) atoms. The number of ketones is 1. The van der Waals surface area contributed by atoms with E-state index < -0.39 is 0 Å². The minimum Gasteiger partial charge on any atom is -0.298 e. The third-order valence-electron chi connectivity index (χ3n) is 5.03. The van der Waals surface area contributed by atoms with Gasteiger partial charge in [0.25, 0.3) is 0 Å². The van der Waals surface area contributed by atoms with E-state index in [1.807, 2.05) is 0 Å². The van der Waals surface area contributed by atoms with Crippen LogP contribution in [-0.2, 0) is 4.79 Å². The summed E-state index contributed by atoms with van der Waals surface area (Å²) in [6.45, 7) is 7.63. The van der Waals surface area contributed by atoms with Crippen molar-refractivity contribution >= 4 is 5.78 Å². The number of hydrogen-bond acceptors (Lipinski definition) is 2. The van der Waals surface area contributed by atoms with Gasteiger partial charge in [0.15, 0.2) is 0 Å². The van der Waals surface area contributed by atoms with Gasteiger partial charge < -0.3 is 0 Å². The van der Waals surface area contributed by atoms with Crippen LogP contribution in [0.3, 0.4) is 0 Å². The second-order valence-corrected chi connectivity index (χ2v) is 6.57. The number of nitrogens with zero attached hydrogens (tertiary/aromatic N) is 1. The standard InChI is InChI=1S/C16H29NO/c1-3-14-5-4-10-17(11-14)12-16(18)15-8-6-13(2)7-9-15/h13-15H,3-12H2,1-2H3. The molecule has 0 N–H and O–H groups in total. The van der Waals surface area contributed by atoms with Crippen molar-refractivity contribution in [2.45, 2.75) is 58.8 Å². The molecule has 1 aliphatic carbocycles. The summed E-state index contributed by atoms with van der Waals surface area (Å²) < 4.78 is 0. The first-order chi connectivity index (χ1) is 8.69. The number of rotatable bonds is 4. The van der Waals surface area contributed by atoms with Crippen LogP contribution in [0.2, 0.25) is 0 Å². The van der Waals surface area contributed by atoms with Crippen LogP contribution in [0.15, 0.2) is 0 Å². The Kier molecular flexibility index (Phi) is 5.23. The third-order valence-corrected chi connectivity index (χ3v) is 5.03. The molecule has 0 aromatic rings. The maximum atomic E-state index is 12.3. The topological polar surface area (TPSA) is 20.3 Å². The first kappa shape index (κ1) is 14.0. The molecule has 104 valence electrons. The van der Waals surface area contributed by atoms with Crippen molar-refractivity contribution in [1.29, 1.82) is 0 Å². The predicted molar refractivity (Wildman–Crippen MR) is 75.6 cm³/mol. The van der Waals surface area contributed by atoms with Crippen LogP contribution in [0.4, 0.5) is 0 Å². The smallest absolute Gasteiger partial charge is 0.149 e. The Labute approximate surface area is 112 Å². The monoisotopic (exact) mass is 251 g/mol. The average Bonchev–Trinajstić information content (AvgIpc) is 2.39. The molecule has 1 heterocycles. The summed E-state index contributed by atoms with van der Waals surface area (Å²) in [7, 11) is 0. The van der Waals surface area contributed by atoms with Crippen LogP contribution < -0.4 is 0 Å². The zero-order valence-electron chi connectivity index (χ0n) is 12.2. The molecule has 1 saturated carbocycles. The Bertz CT molecular complexity index is 268. The molecule has 1 unspecified atom stereocenters. The Morgan fingerprint density at radius 3 is 2.56 bits per heavy atom. The Morgan fingerprint density at radius 2 is 1.89 bits per heavy atom. The van der Waals surface area contributed by atoms with E-state index in [4.69, 9.17) is 0 Å². The number of carbonyl (C=O) groups excluding carboxylic acids is 1. The second-order valence-electron chi connectivity index (χ2n) is 6.57. The average molecular weight is 251 g/mol. The third kappa shape index (κ3) is 3.81. The SMILES string of the molecule is CCC1CCCN(CC(=O)C2CCC(C)CC2)C1. The molecular weight excluding hydrogens is 222 g/mol. The highest BCUT2D eigenvalue weighted by Gasteiger charge is 2.27. The van der Waals surface area contributed by atoms with Gasteiger partial charge >= 0.3 is 0 Å². The van der Waals surface area contributed by atoms with Crippen molar-refractivity contribution < 1.29 is 4.79 Å². The van der Waals surface area contributed by atoms with E-state index in [-0.39, 0.29) is 0 Å². The van der Waals surface area contributed by atoms with Crippen molar-refractivity contribution in [3.63, 3.8) is 0 Å². The van der Waals surface area contributed by atoms with Gasteiger partial charge in [0, 0.05) is 12.5 Å². The normalized spacial score (nSPS) is 34.4. The maximum absolute atomic E-state index is 12.3. The molecule has 1 aliphatic heterocycles. The summed E-state index contributed by atoms with van der Waals surface area (Å²) in [6.07, 6.45) is 8.72. The summed E-state index contributed by atoms with van der Waals surface area (Å²) in [6, 6.07) is 0. The van der Waals surface area contributed by atoms with Gasteiger partial charge in [0.1, 0.15) is 5.78 Å². The molecule has 2 aliphatic rings. The van der Waals surface area contributed by atoms with Crippen molar-refractivity contribution in [1.82, 2.24) is 4.90 Å². The Balaban J connectivity index is 1.76. The lowest BCUT2D eigenvalue weighted by molar-refractivity contribution is -0.125. The van der Waals surface area contributed by atoms with E-state index in [2.05, 4.69) is 18.7 Å². The van der Waals surface area contributed by atoms with Crippen molar-refractivity contribution in [3.8, 4) is 0 Å². The molecule has 2 nitrogen and oxygen atoms in total. The summed E-state index contributed by atoms with van der Waals surface area (Å²) >= 11 is 0. The van der Waals surface area contributed by atoms with Gasteiger partial charge in [-0.1, -0.05) is 33.1 Å². The molecule has 2 heteroatoms. The molecule has 0 aromatic heterocycles. The zero-order chi connectivity index (χ0) is 13.0. The minimum atomic E-state index is 0.378. The van der Waals surface area contributed by atoms with Gasteiger partial charge in [-0.15, -0.1) is 0 Å². The number of piperidine rings is 1. The van der Waals surface area contributed by atoms with Crippen LogP contribution in [0.5, 0.6) is 0 Å². The maximum Gasteiger partial charge on any atom is 0.149 e. The lowest BCUT2D eigenvalue weighted by atomic mass is 9.80. The largest absolute Gasteiger partial charge is 0.298 e. The quantitative estimate of drug-likeness (QED) is 0.762. The molecule has 2 fully saturated rings. The molecule has 0 bridgehead atoms. The molecule has 1 atom stereocenters. The van der Waals surface area contributed by atoms with E-state index in [0.717, 1.165) is 44.3 Å². The zero-order valence-corrected chi connectivity index (χ0v) is 12.2. The highest BCUT2D eigenvalue weighted by molar-refractivity contribution is 5.83. The lowest BCUT2D eigenvalue weighted by Gasteiger charge is -2.33. The predicted octanol–water partition coefficient (Wildman–Crippen LogP) is 3.50.